The van der Waals surface area contributed by atoms with Gasteiger partial charge < -0.3 is 9.80 Å². The highest BCUT2D eigenvalue weighted by Crippen LogP contribution is 2.34. The molecular weight excluding hydrogens is 574 g/mol. The Hall–Kier alpha value is -4.31. The second-order valence-electron chi connectivity index (χ2n) is 11.9. The van der Waals surface area contributed by atoms with Crippen LogP contribution in [-0.4, -0.2) is 42.8 Å². The zero-order valence-corrected chi connectivity index (χ0v) is 26.5. The first kappa shape index (κ1) is 29.7. The van der Waals surface area contributed by atoms with Gasteiger partial charge in [0.25, 0.3) is 21.5 Å². The quantitative estimate of drug-likeness (QED) is 0.307. The molecule has 1 amide bonds. The van der Waals surface area contributed by atoms with Crippen molar-refractivity contribution < 1.29 is 13.2 Å². The summed E-state index contributed by atoms with van der Waals surface area (Å²) in [6.07, 6.45) is 5.35. The lowest BCUT2D eigenvalue weighted by Gasteiger charge is -2.37. The summed E-state index contributed by atoms with van der Waals surface area (Å²) in [6.45, 7) is 7.36. The van der Waals surface area contributed by atoms with E-state index in [4.69, 9.17) is 0 Å². The monoisotopic (exact) mass is 613 g/mol. The van der Waals surface area contributed by atoms with Gasteiger partial charge in [-0.3, -0.25) is 19.0 Å². The molecule has 9 nitrogen and oxygen atoms in total. The Morgan fingerprint density at radius 1 is 0.909 bits per heavy atom. The summed E-state index contributed by atoms with van der Waals surface area (Å²) < 4.78 is 32.8. The minimum absolute atomic E-state index is 0.0337. The van der Waals surface area contributed by atoms with Crippen LogP contribution in [0.4, 0.5) is 17.1 Å². The Labute approximate surface area is 258 Å². The van der Waals surface area contributed by atoms with Crippen LogP contribution in [-0.2, 0) is 23.5 Å². The van der Waals surface area contributed by atoms with Gasteiger partial charge in [-0.05, 0) is 106 Å². The van der Waals surface area contributed by atoms with Crippen LogP contribution in [0.15, 0.2) is 76.4 Å². The summed E-state index contributed by atoms with van der Waals surface area (Å²) in [5.41, 5.74) is 4.79. The van der Waals surface area contributed by atoms with E-state index >= 15 is 0 Å². The number of amides is 1. The smallest absolute Gasteiger partial charge is 0.296 e. The Balaban J connectivity index is 1.30. The van der Waals surface area contributed by atoms with Gasteiger partial charge in [0.15, 0.2) is 0 Å². The fraction of sp³-hybridized carbons (Fsp3) is 0.353. The highest BCUT2D eigenvalue weighted by Gasteiger charge is 2.29. The van der Waals surface area contributed by atoms with Gasteiger partial charge in [0.1, 0.15) is 5.69 Å². The molecule has 44 heavy (non-hydrogen) atoms. The molecule has 1 fully saturated rings. The third kappa shape index (κ3) is 5.32. The number of nitrogens with zero attached hydrogens (tertiary/aromatic N) is 4. The third-order valence-electron chi connectivity index (χ3n) is 9.10. The van der Waals surface area contributed by atoms with Crippen molar-refractivity contribution in [2.75, 3.05) is 27.6 Å². The number of hydrogen-bond donors (Lipinski definition) is 1. The molecule has 1 atom stereocenters. The molecule has 2 aliphatic rings. The lowest BCUT2D eigenvalue weighted by Crippen LogP contribution is -2.38. The van der Waals surface area contributed by atoms with E-state index in [1.165, 1.54) is 41.8 Å². The van der Waals surface area contributed by atoms with Crippen molar-refractivity contribution in [3.8, 4) is 5.69 Å². The van der Waals surface area contributed by atoms with Crippen LogP contribution >= 0.6 is 0 Å². The average molecular weight is 614 g/mol. The largest absolute Gasteiger partial charge is 0.369 e. The zero-order chi connectivity index (χ0) is 31.2. The van der Waals surface area contributed by atoms with Crippen molar-refractivity contribution in [2.24, 2.45) is 7.05 Å². The standard InChI is InChI=1S/C34H39N5O4S/c1-23-15-17-29(44(42,43)35-32-25(3)36(4)39(34(32)41)27-13-6-5-7-14-27)22-30(23)33(40)38-20-10-12-26-21-28(16-18-31(26)38)37-19-9-8-11-24(37)2/h5-7,13-18,21-22,24,35H,8-12,19-20H2,1-4H3. The number of rotatable bonds is 6. The fourth-order valence-electron chi connectivity index (χ4n) is 6.48. The van der Waals surface area contributed by atoms with Crippen molar-refractivity contribution in [3.05, 3.63) is 99.5 Å². The molecule has 3 aromatic carbocycles. The first-order valence-electron chi connectivity index (χ1n) is 15.3. The first-order chi connectivity index (χ1) is 21.1. The lowest BCUT2D eigenvalue weighted by molar-refractivity contribution is 0.0984. The van der Waals surface area contributed by atoms with Gasteiger partial charge >= 0.3 is 0 Å². The number of piperidine rings is 1. The number of hydrogen-bond acceptors (Lipinski definition) is 5. The molecule has 1 saturated heterocycles. The molecule has 0 spiro atoms. The molecule has 0 aliphatic carbocycles. The minimum Gasteiger partial charge on any atom is -0.369 e. The molecule has 230 valence electrons. The van der Waals surface area contributed by atoms with Crippen LogP contribution in [0.3, 0.4) is 0 Å². The molecule has 3 heterocycles. The van der Waals surface area contributed by atoms with Gasteiger partial charge in [-0.2, -0.15) is 0 Å². The molecule has 1 N–H and O–H groups in total. The second-order valence-corrected chi connectivity index (χ2v) is 13.6. The third-order valence-corrected chi connectivity index (χ3v) is 10.4. The van der Waals surface area contributed by atoms with E-state index in [9.17, 15) is 18.0 Å². The number of aryl methyl sites for hydroxylation is 2. The van der Waals surface area contributed by atoms with E-state index in [-0.39, 0.29) is 16.5 Å². The Bertz CT molecular complexity index is 1890. The molecule has 0 bridgehead atoms. The van der Waals surface area contributed by atoms with E-state index < -0.39 is 15.6 Å². The zero-order valence-electron chi connectivity index (χ0n) is 25.7. The maximum absolute atomic E-state index is 14.0. The molecule has 1 aromatic heterocycles. The molecular formula is C34H39N5O4S. The summed E-state index contributed by atoms with van der Waals surface area (Å²) in [5.74, 6) is -0.234. The number of aromatic nitrogens is 2. The SMILES string of the molecule is Cc1ccc(S(=O)(=O)Nc2c(C)n(C)n(-c3ccccc3)c2=O)cc1C(=O)N1CCCc2cc(N3CCCCC3C)ccc21. The van der Waals surface area contributed by atoms with Gasteiger partial charge in [0.05, 0.1) is 16.3 Å². The molecule has 10 heteroatoms. The lowest BCUT2D eigenvalue weighted by atomic mass is 9.97. The summed E-state index contributed by atoms with van der Waals surface area (Å²) >= 11 is 0. The average Bonchev–Trinajstić information content (AvgIpc) is 3.23. The number of fused-ring (bicyclic) bond motifs is 1. The topological polar surface area (TPSA) is 96.6 Å². The Kier molecular flexibility index (Phi) is 7.88. The van der Waals surface area contributed by atoms with E-state index in [1.807, 2.05) is 31.2 Å². The predicted octanol–water partition coefficient (Wildman–Crippen LogP) is 5.57. The maximum atomic E-state index is 14.0. The van der Waals surface area contributed by atoms with Crippen molar-refractivity contribution in [1.82, 2.24) is 9.36 Å². The first-order valence-corrected chi connectivity index (χ1v) is 16.7. The van der Waals surface area contributed by atoms with Crippen LogP contribution in [0.1, 0.15) is 59.8 Å². The highest BCUT2D eigenvalue weighted by molar-refractivity contribution is 7.92. The number of carbonyl (C=O) groups is 1. The highest BCUT2D eigenvalue weighted by atomic mass is 32.2. The Morgan fingerprint density at radius 3 is 2.43 bits per heavy atom. The fourth-order valence-corrected chi connectivity index (χ4v) is 7.62. The van der Waals surface area contributed by atoms with Crippen molar-refractivity contribution in [2.45, 2.75) is 63.8 Å². The number of nitrogens with one attached hydrogen (secondary N) is 1. The number of anilines is 3. The van der Waals surface area contributed by atoms with Gasteiger partial charge in [-0.1, -0.05) is 24.3 Å². The maximum Gasteiger partial charge on any atom is 0.296 e. The van der Waals surface area contributed by atoms with Gasteiger partial charge in [-0.25, -0.2) is 13.1 Å². The number of para-hydroxylation sites is 1. The molecule has 2 aliphatic heterocycles. The normalized spacial score (nSPS) is 17.0. The predicted molar refractivity (Wildman–Crippen MR) is 175 cm³/mol. The second kappa shape index (κ2) is 11.6. The molecule has 0 saturated carbocycles. The van der Waals surface area contributed by atoms with Gasteiger partial charge in [0.2, 0.25) is 0 Å². The van der Waals surface area contributed by atoms with Gasteiger partial charge in [0, 0.05) is 43.1 Å². The van der Waals surface area contributed by atoms with Crippen LogP contribution in [0.25, 0.3) is 5.69 Å². The van der Waals surface area contributed by atoms with E-state index in [0.29, 0.717) is 35.1 Å². The van der Waals surface area contributed by atoms with Crippen LogP contribution < -0.4 is 20.1 Å². The van der Waals surface area contributed by atoms with E-state index in [2.05, 4.69) is 28.7 Å². The Morgan fingerprint density at radius 2 is 1.68 bits per heavy atom. The van der Waals surface area contributed by atoms with Crippen LogP contribution in [0.5, 0.6) is 0 Å². The summed E-state index contributed by atoms with van der Waals surface area (Å²) in [4.78, 5) is 31.5. The molecule has 4 aromatic rings. The number of benzene rings is 3. The van der Waals surface area contributed by atoms with E-state index in [0.717, 1.165) is 30.6 Å². The molecule has 1 unspecified atom stereocenters. The molecule has 6 rings (SSSR count). The number of carbonyl (C=O) groups excluding carboxylic acids is 1. The number of sulfonamides is 1. The summed E-state index contributed by atoms with van der Waals surface area (Å²) in [7, 11) is -2.48. The van der Waals surface area contributed by atoms with Crippen LogP contribution in [0, 0.1) is 13.8 Å². The van der Waals surface area contributed by atoms with Crippen molar-refractivity contribution in [3.63, 3.8) is 0 Å². The van der Waals surface area contributed by atoms with Gasteiger partial charge in [-0.15, -0.1) is 0 Å². The van der Waals surface area contributed by atoms with E-state index in [1.54, 1.807) is 41.8 Å². The molecule has 0 radical (unpaired) electrons. The van der Waals surface area contributed by atoms with Crippen LogP contribution in [0.2, 0.25) is 0 Å². The van der Waals surface area contributed by atoms with Crippen molar-refractivity contribution >= 4 is 33.0 Å². The van der Waals surface area contributed by atoms with Crippen molar-refractivity contribution in [1.29, 1.82) is 0 Å². The summed E-state index contributed by atoms with van der Waals surface area (Å²) in [5, 5.41) is 0. The minimum atomic E-state index is -4.18. The summed E-state index contributed by atoms with van der Waals surface area (Å²) in [6, 6.07) is 20.4.